The molecule has 0 aliphatic carbocycles. The monoisotopic (exact) mass is 470 g/mol. The molecular weight excluding hydrogens is 447 g/mol. The SMILES string of the molecule is CCNC(=O)N(Cc1cc(Cl)ccc1OS(=O)(=O)c1ccc(F)cc1)CC1CCCO1. The molecule has 1 heterocycles. The summed E-state index contributed by atoms with van der Waals surface area (Å²) in [6.45, 7) is 3.32. The van der Waals surface area contributed by atoms with E-state index in [1.165, 1.54) is 12.1 Å². The van der Waals surface area contributed by atoms with E-state index in [2.05, 4.69) is 5.32 Å². The van der Waals surface area contributed by atoms with Crippen molar-refractivity contribution >= 4 is 27.8 Å². The third kappa shape index (κ3) is 6.32. The molecule has 31 heavy (non-hydrogen) atoms. The lowest BCUT2D eigenvalue weighted by Gasteiger charge is -2.26. The van der Waals surface area contributed by atoms with Crippen LogP contribution in [0.4, 0.5) is 9.18 Å². The average molecular weight is 471 g/mol. The van der Waals surface area contributed by atoms with E-state index < -0.39 is 15.9 Å². The molecule has 1 saturated heterocycles. The van der Waals surface area contributed by atoms with Crippen molar-refractivity contribution in [1.82, 2.24) is 10.2 Å². The van der Waals surface area contributed by atoms with Gasteiger partial charge in [0, 0.05) is 30.3 Å². The lowest BCUT2D eigenvalue weighted by atomic mass is 10.1. The molecule has 1 N–H and O–H groups in total. The van der Waals surface area contributed by atoms with Crippen molar-refractivity contribution in [3.05, 3.63) is 58.9 Å². The third-order valence-electron chi connectivity index (χ3n) is 4.75. The number of benzene rings is 2. The van der Waals surface area contributed by atoms with Crippen molar-refractivity contribution in [2.24, 2.45) is 0 Å². The molecule has 10 heteroatoms. The van der Waals surface area contributed by atoms with Crippen LogP contribution in [0.1, 0.15) is 25.3 Å². The van der Waals surface area contributed by atoms with Gasteiger partial charge in [-0.1, -0.05) is 11.6 Å². The Balaban J connectivity index is 1.86. The minimum absolute atomic E-state index is 0.0374. The van der Waals surface area contributed by atoms with E-state index in [1.54, 1.807) is 11.0 Å². The maximum atomic E-state index is 13.2. The fourth-order valence-electron chi connectivity index (χ4n) is 3.24. The number of ether oxygens (including phenoxy) is 1. The Morgan fingerprint density at radius 3 is 2.68 bits per heavy atom. The summed E-state index contributed by atoms with van der Waals surface area (Å²) in [4.78, 5) is 14.0. The number of hydrogen-bond acceptors (Lipinski definition) is 5. The van der Waals surface area contributed by atoms with Gasteiger partial charge in [-0.05, 0) is 62.2 Å². The third-order valence-corrected chi connectivity index (χ3v) is 6.23. The maximum absolute atomic E-state index is 13.2. The minimum Gasteiger partial charge on any atom is -0.379 e. The molecule has 1 atom stereocenters. The largest absolute Gasteiger partial charge is 0.379 e. The van der Waals surface area contributed by atoms with Gasteiger partial charge >= 0.3 is 16.1 Å². The second-order valence-corrected chi connectivity index (χ2v) is 9.08. The summed E-state index contributed by atoms with van der Waals surface area (Å²) in [5, 5.41) is 3.13. The smallest absolute Gasteiger partial charge is 0.339 e. The van der Waals surface area contributed by atoms with Crippen molar-refractivity contribution in [3.63, 3.8) is 0 Å². The van der Waals surface area contributed by atoms with Crippen LogP contribution in [0, 0.1) is 5.82 Å². The van der Waals surface area contributed by atoms with E-state index in [-0.39, 0.29) is 29.3 Å². The van der Waals surface area contributed by atoms with Crippen LogP contribution < -0.4 is 9.50 Å². The maximum Gasteiger partial charge on any atom is 0.339 e. The van der Waals surface area contributed by atoms with E-state index in [0.717, 1.165) is 37.1 Å². The van der Waals surface area contributed by atoms with Gasteiger partial charge in [-0.2, -0.15) is 8.42 Å². The highest BCUT2D eigenvalue weighted by Gasteiger charge is 2.25. The van der Waals surface area contributed by atoms with Gasteiger partial charge in [-0.3, -0.25) is 0 Å². The normalized spacial score (nSPS) is 16.2. The molecule has 1 aliphatic heterocycles. The molecule has 0 bridgehead atoms. The predicted molar refractivity (Wildman–Crippen MR) is 114 cm³/mol. The molecule has 1 aliphatic rings. The van der Waals surface area contributed by atoms with Gasteiger partial charge in [-0.15, -0.1) is 0 Å². The van der Waals surface area contributed by atoms with E-state index in [0.29, 0.717) is 30.3 Å². The van der Waals surface area contributed by atoms with Gasteiger partial charge in [0.05, 0.1) is 12.6 Å². The van der Waals surface area contributed by atoms with E-state index in [9.17, 15) is 17.6 Å². The van der Waals surface area contributed by atoms with Gasteiger partial charge in [0.1, 0.15) is 16.5 Å². The standard InChI is InChI=1S/C21H24ClFN2O5S/c1-2-24-21(26)25(14-18-4-3-11-29-18)13-15-12-16(22)5-10-20(15)30-31(27,28)19-8-6-17(23)7-9-19/h5-10,12,18H,2-4,11,13-14H2,1H3,(H,24,26). The highest BCUT2D eigenvalue weighted by molar-refractivity contribution is 7.87. The molecule has 168 valence electrons. The predicted octanol–water partition coefficient (Wildman–Crippen LogP) is 3.96. The van der Waals surface area contributed by atoms with Crippen LogP contribution in [0.15, 0.2) is 47.4 Å². The highest BCUT2D eigenvalue weighted by Crippen LogP contribution is 2.28. The van der Waals surface area contributed by atoms with Gasteiger partial charge in [-0.25, -0.2) is 9.18 Å². The number of nitrogens with zero attached hydrogens (tertiary/aromatic N) is 1. The van der Waals surface area contributed by atoms with Gasteiger partial charge < -0.3 is 19.1 Å². The van der Waals surface area contributed by atoms with Gasteiger partial charge in [0.15, 0.2) is 0 Å². The Labute approximate surface area is 186 Å². The lowest BCUT2D eigenvalue weighted by molar-refractivity contribution is 0.0794. The summed E-state index contributed by atoms with van der Waals surface area (Å²) in [5.74, 6) is -0.520. The molecule has 1 unspecified atom stereocenters. The Morgan fingerprint density at radius 2 is 2.03 bits per heavy atom. The van der Waals surface area contributed by atoms with Crippen molar-refractivity contribution in [2.45, 2.75) is 37.3 Å². The van der Waals surface area contributed by atoms with Crippen LogP contribution in [0.3, 0.4) is 0 Å². The highest BCUT2D eigenvalue weighted by atomic mass is 35.5. The number of carbonyl (C=O) groups excluding carboxylic acids is 1. The van der Waals surface area contributed by atoms with Crippen LogP contribution in [0.5, 0.6) is 5.75 Å². The number of carbonyl (C=O) groups is 1. The van der Waals surface area contributed by atoms with E-state index in [4.69, 9.17) is 20.5 Å². The summed E-state index contributed by atoms with van der Waals surface area (Å²) in [6, 6.07) is 8.51. The van der Waals surface area contributed by atoms with Crippen LogP contribution >= 0.6 is 11.6 Å². The first-order chi connectivity index (χ1) is 14.8. The first-order valence-corrected chi connectivity index (χ1v) is 11.7. The summed E-state index contributed by atoms with van der Waals surface area (Å²) in [6.07, 6.45) is 1.68. The molecule has 2 aromatic rings. The topological polar surface area (TPSA) is 84.9 Å². The minimum atomic E-state index is -4.21. The molecular formula is C21H24ClFN2O5S. The zero-order valence-electron chi connectivity index (χ0n) is 17.0. The first kappa shape index (κ1) is 23.3. The van der Waals surface area contributed by atoms with Gasteiger partial charge in [0.2, 0.25) is 0 Å². The fourth-order valence-corrected chi connectivity index (χ4v) is 4.40. The average Bonchev–Trinajstić information content (AvgIpc) is 3.23. The van der Waals surface area contributed by atoms with Crippen molar-refractivity contribution < 1.29 is 26.5 Å². The summed E-state index contributed by atoms with van der Waals surface area (Å²) < 4.78 is 49.4. The quantitative estimate of drug-likeness (QED) is 0.590. The molecule has 2 aromatic carbocycles. The Bertz CT molecular complexity index is 1010. The molecule has 7 nitrogen and oxygen atoms in total. The van der Waals surface area contributed by atoms with Crippen LogP contribution in [-0.2, 0) is 21.4 Å². The molecule has 1 fully saturated rings. The second kappa shape index (κ2) is 10.3. The summed E-state index contributed by atoms with van der Waals surface area (Å²) in [5.41, 5.74) is 0.419. The Kier molecular flexibility index (Phi) is 7.74. The lowest BCUT2D eigenvalue weighted by Crippen LogP contribution is -2.43. The molecule has 0 spiro atoms. The van der Waals surface area contributed by atoms with Crippen molar-refractivity contribution in [3.8, 4) is 5.75 Å². The first-order valence-electron chi connectivity index (χ1n) is 9.91. The van der Waals surface area contributed by atoms with E-state index in [1.807, 2.05) is 6.92 Å². The molecule has 0 saturated carbocycles. The molecule has 3 rings (SSSR count). The number of halogens is 2. The number of hydrogen-bond donors (Lipinski definition) is 1. The van der Waals surface area contributed by atoms with Crippen molar-refractivity contribution in [1.29, 1.82) is 0 Å². The van der Waals surface area contributed by atoms with E-state index >= 15 is 0 Å². The number of rotatable bonds is 8. The fraction of sp³-hybridized carbons (Fsp3) is 0.381. The molecule has 0 radical (unpaired) electrons. The number of nitrogens with one attached hydrogen (secondary N) is 1. The molecule has 0 aromatic heterocycles. The Morgan fingerprint density at radius 1 is 1.29 bits per heavy atom. The summed E-state index contributed by atoms with van der Waals surface area (Å²) >= 11 is 6.13. The zero-order valence-corrected chi connectivity index (χ0v) is 18.6. The van der Waals surface area contributed by atoms with Crippen LogP contribution in [0.25, 0.3) is 0 Å². The van der Waals surface area contributed by atoms with Crippen molar-refractivity contribution in [2.75, 3.05) is 19.7 Å². The molecule has 2 amide bonds. The van der Waals surface area contributed by atoms with Crippen LogP contribution in [-0.4, -0.2) is 45.1 Å². The number of urea groups is 1. The van der Waals surface area contributed by atoms with Crippen LogP contribution in [0.2, 0.25) is 5.02 Å². The van der Waals surface area contributed by atoms with Gasteiger partial charge in [0.25, 0.3) is 0 Å². The number of amides is 2. The second-order valence-electron chi connectivity index (χ2n) is 7.09. The zero-order chi connectivity index (χ0) is 22.4. The Hall–Kier alpha value is -2.36. The summed E-state index contributed by atoms with van der Waals surface area (Å²) in [7, 11) is -4.21.